The number of aromatic nitrogens is 2. The molecule has 4 aromatic rings. The molecule has 0 spiro atoms. The van der Waals surface area contributed by atoms with E-state index >= 15 is 0 Å². The number of carbonyl (C=O) groups is 1. The molecule has 0 atom stereocenters. The van der Waals surface area contributed by atoms with Crippen LogP contribution in [-0.4, -0.2) is 31.6 Å². The molecule has 1 heterocycles. The molecule has 0 unspecified atom stereocenters. The molecule has 1 amide bonds. The van der Waals surface area contributed by atoms with Crippen LogP contribution in [0.5, 0.6) is 0 Å². The van der Waals surface area contributed by atoms with E-state index in [1.807, 2.05) is 41.3 Å². The zero-order chi connectivity index (χ0) is 22.7. The van der Waals surface area contributed by atoms with E-state index in [0.717, 1.165) is 27.4 Å². The van der Waals surface area contributed by atoms with Gasteiger partial charge in [0.2, 0.25) is 5.91 Å². The number of hydrogen-bond donors (Lipinski definition) is 0. The standard InChI is InChI=1S/C27H29N3OS/c1-20-11-10-14-22(17-20)30-24-16-9-8-15-23(24)28-26(30)32-19-25(31)29(27(2,3)4)18-21-12-6-5-7-13-21/h5-17H,18-19H2,1-4H3. The number of benzene rings is 3. The highest BCUT2D eigenvalue weighted by molar-refractivity contribution is 7.99. The second-order valence-electron chi connectivity index (χ2n) is 8.98. The van der Waals surface area contributed by atoms with Crippen molar-refractivity contribution in [3.63, 3.8) is 0 Å². The van der Waals surface area contributed by atoms with Crippen LogP contribution >= 0.6 is 11.8 Å². The van der Waals surface area contributed by atoms with Gasteiger partial charge in [-0.05, 0) is 63.1 Å². The van der Waals surface area contributed by atoms with E-state index in [4.69, 9.17) is 4.98 Å². The summed E-state index contributed by atoms with van der Waals surface area (Å²) in [5.41, 5.74) is 5.09. The van der Waals surface area contributed by atoms with Crippen LogP contribution in [0, 0.1) is 6.92 Å². The van der Waals surface area contributed by atoms with Crippen molar-refractivity contribution in [1.29, 1.82) is 0 Å². The fourth-order valence-electron chi connectivity index (χ4n) is 3.79. The topological polar surface area (TPSA) is 38.1 Å². The predicted octanol–water partition coefficient (Wildman–Crippen LogP) is 6.25. The summed E-state index contributed by atoms with van der Waals surface area (Å²) in [4.78, 5) is 20.2. The molecular formula is C27H29N3OS. The molecule has 0 bridgehead atoms. The Morgan fingerprint density at radius 2 is 1.69 bits per heavy atom. The van der Waals surface area contributed by atoms with Crippen LogP contribution in [0.1, 0.15) is 31.9 Å². The third-order valence-electron chi connectivity index (χ3n) is 5.41. The van der Waals surface area contributed by atoms with E-state index in [1.54, 1.807) is 0 Å². The molecule has 0 aliphatic rings. The first-order valence-electron chi connectivity index (χ1n) is 10.8. The summed E-state index contributed by atoms with van der Waals surface area (Å²) in [5, 5.41) is 0.832. The molecule has 4 nitrogen and oxygen atoms in total. The van der Waals surface area contributed by atoms with Crippen LogP contribution < -0.4 is 0 Å². The van der Waals surface area contributed by atoms with Crippen LogP contribution in [0.15, 0.2) is 84.0 Å². The summed E-state index contributed by atoms with van der Waals surface area (Å²) >= 11 is 1.50. The number of fused-ring (bicyclic) bond motifs is 1. The number of rotatable bonds is 6. The van der Waals surface area contributed by atoms with E-state index < -0.39 is 0 Å². The van der Waals surface area contributed by atoms with Gasteiger partial charge in [0.15, 0.2) is 5.16 Å². The van der Waals surface area contributed by atoms with Crippen molar-refractivity contribution in [2.45, 2.75) is 44.9 Å². The first-order valence-corrected chi connectivity index (χ1v) is 11.8. The number of para-hydroxylation sites is 2. The highest BCUT2D eigenvalue weighted by atomic mass is 32.2. The lowest BCUT2D eigenvalue weighted by atomic mass is 10.0. The van der Waals surface area contributed by atoms with Crippen LogP contribution in [0.3, 0.4) is 0 Å². The average molecular weight is 444 g/mol. The summed E-state index contributed by atoms with van der Waals surface area (Å²) < 4.78 is 2.15. The highest BCUT2D eigenvalue weighted by Gasteiger charge is 2.27. The average Bonchev–Trinajstić information content (AvgIpc) is 3.14. The molecule has 3 aromatic carbocycles. The minimum absolute atomic E-state index is 0.106. The molecule has 32 heavy (non-hydrogen) atoms. The summed E-state index contributed by atoms with van der Waals surface area (Å²) in [6, 6.07) is 26.7. The smallest absolute Gasteiger partial charge is 0.233 e. The van der Waals surface area contributed by atoms with Crippen molar-refractivity contribution in [1.82, 2.24) is 14.5 Å². The molecule has 0 radical (unpaired) electrons. The molecule has 0 fully saturated rings. The quantitative estimate of drug-likeness (QED) is 0.330. The lowest BCUT2D eigenvalue weighted by Crippen LogP contribution is -2.45. The minimum atomic E-state index is -0.274. The van der Waals surface area contributed by atoms with E-state index in [2.05, 4.69) is 74.7 Å². The van der Waals surface area contributed by atoms with Gasteiger partial charge in [0.05, 0.1) is 16.8 Å². The van der Waals surface area contributed by atoms with Gasteiger partial charge < -0.3 is 4.90 Å². The number of imidazole rings is 1. The van der Waals surface area contributed by atoms with Gasteiger partial charge in [-0.3, -0.25) is 9.36 Å². The Morgan fingerprint density at radius 1 is 0.969 bits per heavy atom. The molecule has 164 valence electrons. The number of thioether (sulfide) groups is 1. The Kier molecular flexibility index (Phi) is 6.38. The summed E-state index contributed by atoms with van der Waals surface area (Å²) in [6.07, 6.45) is 0. The zero-order valence-corrected chi connectivity index (χ0v) is 19.9. The van der Waals surface area contributed by atoms with Gasteiger partial charge in [-0.1, -0.05) is 66.4 Å². The third-order valence-corrected chi connectivity index (χ3v) is 6.33. The van der Waals surface area contributed by atoms with Crippen LogP contribution in [0.25, 0.3) is 16.7 Å². The highest BCUT2D eigenvalue weighted by Crippen LogP contribution is 2.29. The minimum Gasteiger partial charge on any atom is -0.333 e. The maximum absolute atomic E-state index is 13.4. The normalized spacial score (nSPS) is 11.6. The fourth-order valence-corrected chi connectivity index (χ4v) is 4.69. The van der Waals surface area contributed by atoms with Gasteiger partial charge in [-0.2, -0.15) is 0 Å². The third kappa shape index (κ3) is 4.89. The molecule has 1 aromatic heterocycles. The number of amides is 1. The molecule has 4 rings (SSSR count). The summed E-state index contributed by atoms with van der Waals surface area (Å²) in [7, 11) is 0. The summed E-state index contributed by atoms with van der Waals surface area (Å²) in [6.45, 7) is 8.93. The molecule has 5 heteroatoms. The van der Waals surface area contributed by atoms with Crippen molar-refractivity contribution in [2.24, 2.45) is 0 Å². The maximum atomic E-state index is 13.4. The van der Waals surface area contributed by atoms with Gasteiger partial charge >= 0.3 is 0 Å². The van der Waals surface area contributed by atoms with E-state index in [9.17, 15) is 4.79 Å². The Hall–Kier alpha value is -3.05. The zero-order valence-electron chi connectivity index (χ0n) is 19.1. The molecule has 0 N–H and O–H groups in total. The second-order valence-corrected chi connectivity index (χ2v) is 9.92. The van der Waals surface area contributed by atoms with Crippen LogP contribution in [0.2, 0.25) is 0 Å². The molecular weight excluding hydrogens is 414 g/mol. The summed E-state index contributed by atoms with van der Waals surface area (Å²) in [5.74, 6) is 0.438. The van der Waals surface area contributed by atoms with Gasteiger partial charge in [0, 0.05) is 17.8 Å². The SMILES string of the molecule is Cc1cccc(-n2c(SCC(=O)N(Cc3ccccc3)C(C)(C)C)nc3ccccc32)c1. The van der Waals surface area contributed by atoms with Crippen LogP contribution in [-0.2, 0) is 11.3 Å². The van der Waals surface area contributed by atoms with Crippen LogP contribution in [0.4, 0.5) is 0 Å². The van der Waals surface area contributed by atoms with Gasteiger partial charge in [0.25, 0.3) is 0 Å². The molecule has 0 aliphatic carbocycles. The Balaban J connectivity index is 1.62. The van der Waals surface area contributed by atoms with Crippen molar-refractivity contribution in [3.05, 3.63) is 90.0 Å². The maximum Gasteiger partial charge on any atom is 0.233 e. The van der Waals surface area contributed by atoms with Gasteiger partial charge in [0.1, 0.15) is 0 Å². The molecule has 0 saturated heterocycles. The number of hydrogen-bond acceptors (Lipinski definition) is 3. The van der Waals surface area contributed by atoms with E-state index in [1.165, 1.54) is 17.3 Å². The monoisotopic (exact) mass is 443 g/mol. The lowest BCUT2D eigenvalue weighted by molar-refractivity contribution is -0.133. The van der Waals surface area contributed by atoms with Crippen molar-refractivity contribution >= 4 is 28.7 Å². The molecule has 0 saturated carbocycles. The molecule has 0 aliphatic heterocycles. The van der Waals surface area contributed by atoms with E-state index in [0.29, 0.717) is 12.3 Å². The van der Waals surface area contributed by atoms with Gasteiger partial charge in [-0.15, -0.1) is 0 Å². The Morgan fingerprint density at radius 3 is 2.41 bits per heavy atom. The van der Waals surface area contributed by atoms with E-state index in [-0.39, 0.29) is 11.4 Å². The number of carbonyl (C=O) groups excluding carboxylic acids is 1. The van der Waals surface area contributed by atoms with Gasteiger partial charge in [-0.25, -0.2) is 4.98 Å². The number of nitrogens with zero attached hydrogens (tertiary/aromatic N) is 3. The first kappa shape index (κ1) is 22.2. The van der Waals surface area contributed by atoms with Crippen molar-refractivity contribution in [2.75, 3.05) is 5.75 Å². The van der Waals surface area contributed by atoms with Crippen molar-refractivity contribution in [3.8, 4) is 5.69 Å². The Labute approximate surface area is 194 Å². The lowest BCUT2D eigenvalue weighted by Gasteiger charge is -2.36. The first-order chi connectivity index (χ1) is 15.3. The Bertz CT molecular complexity index is 1220. The largest absolute Gasteiger partial charge is 0.333 e. The predicted molar refractivity (Wildman–Crippen MR) is 133 cm³/mol. The number of aryl methyl sites for hydroxylation is 1. The fraction of sp³-hybridized carbons (Fsp3) is 0.259. The van der Waals surface area contributed by atoms with Crippen molar-refractivity contribution < 1.29 is 4.79 Å². The second kappa shape index (κ2) is 9.21.